The minimum Gasteiger partial charge on any atom is -0.480 e. The largest absolute Gasteiger partial charge is 0.480 e. The molecule has 0 radical (unpaired) electrons. The lowest BCUT2D eigenvalue weighted by atomic mass is 10.1. The van der Waals surface area contributed by atoms with Crippen LogP contribution < -0.4 is 0 Å². The van der Waals surface area contributed by atoms with Gasteiger partial charge in [-0.3, -0.25) is 9.69 Å². The number of carbonyl (C=O) groups is 1. The van der Waals surface area contributed by atoms with E-state index in [0.717, 1.165) is 5.75 Å². The predicted molar refractivity (Wildman–Crippen MR) is 55.1 cm³/mol. The lowest BCUT2D eigenvalue weighted by molar-refractivity contribution is -0.143. The van der Waals surface area contributed by atoms with Gasteiger partial charge in [0.1, 0.15) is 6.04 Å². The zero-order valence-corrected chi connectivity index (χ0v) is 8.96. The molecule has 14 heavy (non-hydrogen) atoms. The SMILES string of the molecule is CCC(C#N)N1CCSCC1C(=O)O. The quantitative estimate of drug-likeness (QED) is 0.752. The van der Waals surface area contributed by atoms with Crippen LogP contribution in [-0.2, 0) is 4.79 Å². The molecule has 5 heteroatoms. The standard InChI is InChI=1S/C9H14N2O2S/c1-2-7(5-10)11-3-4-14-6-8(11)9(12)13/h7-8H,2-4,6H2,1H3,(H,12,13). The molecule has 1 aliphatic heterocycles. The molecule has 1 rings (SSSR count). The molecule has 0 aromatic rings. The summed E-state index contributed by atoms with van der Waals surface area (Å²) in [4.78, 5) is 12.7. The van der Waals surface area contributed by atoms with Crippen molar-refractivity contribution in [1.29, 1.82) is 5.26 Å². The van der Waals surface area contributed by atoms with Crippen molar-refractivity contribution in [2.45, 2.75) is 25.4 Å². The van der Waals surface area contributed by atoms with Crippen LogP contribution >= 0.6 is 11.8 Å². The van der Waals surface area contributed by atoms with Gasteiger partial charge in [0.25, 0.3) is 0 Å². The number of hydrogen-bond acceptors (Lipinski definition) is 4. The highest BCUT2D eigenvalue weighted by atomic mass is 32.2. The Kier molecular flexibility index (Phi) is 4.23. The second-order valence-corrected chi connectivity index (χ2v) is 4.37. The van der Waals surface area contributed by atoms with Crippen LogP contribution in [0.3, 0.4) is 0 Å². The molecule has 2 unspecified atom stereocenters. The molecule has 0 aromatic carbocycles. The topological polar surface area (TPSA) is 64.3 Å². The maximum absolute atomic E-state index is 10.9. The van der Waals surface area contributed by atoms with Gasteiger partial charge in [0, 0.05) is 18.1 Å². The number of rotatable bonds is 3. The van der Waals surface area contributed by atoms with Gasteiger partial charge in [0.05, 0.1) is 12.1 Å². The van der Waals surface area contributed by atoms with E-state index in [9.17, 15) is 4.79 Å². The molecule has 1 N–H and O–H groups in total. The van der Waals surface area contributed by atoms with Crippen LogP contribution in [0.5, 0.6) is 0 Å². The average Bonchev–Trinajstić information content (AvgIpc) is 2.20. The molecule has 1 fully saturated rings. The molecule has 0 aromatic heterocycles. The molecule has 1 heterocycles. The molecule has 1 saturated heterocycles. The zero-order chi connectivity index (χ0) is 10.6. The lowest BCUT2D eigenvalue weighted by Crippen LogP contribution is -2.51. The Balaban J connectivity index is 2.72. The molecule has 0 bridgehead atoms. The van der Waals surface area contributed by atoms with E-state index in [2.05, 4.69) is 6.07 Å². The van der Waals surface area contributed by atoms with Gasteiger partial charge in [0.2, 0.25) is 0 Å². The summed E-state index contributed by atoms with van der Waals surface area (Å²) >= 11 is 1.64. The van der Waals surface area contributed by atoms with Gasteiger partial charge in [0.15, 0.2) is 0 Å². The number of thioether (sulfide) groups is 1. The number of carboxylic acids is 1. The zero-order valence-electron chi connectivity index (χ0n) is 8.14. The summed E-state index contributed by atoms with van der Waals surface area (Å²) in [7, 11) is 0. The Hall–Kier alpha value is -0.730. The van der Waals surface area contributed by atoms with Gasteiger partial charge in [-0.15, -0.1) is 0 Å². The third kappa shape index (κ3) is 2.40. The number of hydrogen-bond donors (Lipinski definition) is 1. The molecular formula is C9H14N2O2S. The molecule has 0 amide bonds. The first-order chi connectivity index (χ1) is 6.70. The fourth-order valence-electron chi connectivity index (χ4n) is 1.60. The van der Waals surface area contributed by atoms with Gasteiger partial charge in [-0.1, -0.05) is 6.92 Å². The Morgan fingerprint density at radius 2 is 2.57 bits per heavy atom. The number of nitrogens with zero attached hydrogens (tertiary/aromatic N) is 2. The van der Waals surface area contributed by atoms with Crippen LogP contribution in [0.2, 0.25) is 0 Å². The fourth-order valence-corrected chi connectivity index (χ4v) is 2.67. The first-order valence-corrected chi connectivity index (χ1v) is 5.82. The lowest BCUT2D eigenvalue weighted by Gasteiger charge is -2.35. The molecular weight excluding hydrogens is 200 g/mol. The van der Waals surface area contributed by atoms with E-state index in [1.165, 1.54) is 0 Å². The van der Waals surface area contributed by atoms with E-state index >= 15 is 0 Å². The molecule has 78 valence electrons. The third-order valence-electron chi connectivity index (χ3n) is 2.39. The van der Waals surface area contributed by atoms with Gasteiger partial charge in [-0.05, 0) is 6.42 Å². The van der Waals surface area contributed by atoms with Crippen molar-refractivity contribution in [3.05, 3.63) is 0 Å². The number of aliphatic carboxylic acids is 1. The minimum atomic E-state index is -0.814. The molecule has 4 nitrogen and oxygen atoms in total. The normalized spacial score (nSPS) is 25.3. The number of nitriles is 1. The highest BCUT2D eigenvalue weighted by molar-refractivity contribution is 7.99. The van der Waals surface area contributed by atoms with Crippen LogP contribution in [-0.4, -0.2) is 46.1 Å². The van der Waals surface area contributed by atoms with E-state index < -0.39 is 12.0 Å². The highest BCUT2D eigenvalue weighted by Gasteiger charge is 2.32. The van der Waals surface area contributed by atoms with Crippen molar-refractivity contribution < 1.29 is 9.90 Å². The van der Waals surface area contributed by atoms with Crippen molar-refractivity contribution >= 4 is 17.7 Å². The Labute approximate surface area is 87.9 Å². The van der Waals surface area contributed by atoms with Crippen molar-refractivity contribution in [2.24, 2.45) is 0 Å². The Morgan fingerprint density at radius 1 is 1.86 bits per heavy atom. The van der Waals surface area contributed by atoms with Crippen molar-refractivity contribution in [2.75, 3.05) is 18.1 Å². The summed E-state index contributed by atoms with van der Waals surface area (Å²) in [6, 6.07) is 1.42. The van der Waals surface area contributed by atoms with Crippen LogP contribution in [0, 0.1) is 11.3 Å². The van der Waals surface area contributed by atoms with Crippen LogP contribution in [0.4, 0.5) is 0 Å². The molecule has 0 saturated carbocycles. The second-order valence-electron chi connectivity index (χ2n) is 3.22. The molecule has 2 atom stereocenters. The summed E-state index contributed by atoms with van der Waals surface area (Å²) in [5.41, 5.74) is 0. The van der Waals surface area contributed by atoms with Crippen LogP contribution in [0.15, 0.2) is 0 Å². The van der Waals surface area contributed by atoms with E-state index in [4.69, 9.17) is 10.4 Å². The van der Waals surface area contributed by atoms with Crippen molar-refractivity contribution in [3.8, 4) is 6.07 Å². The maximum atomic E-state index is 10.9. The smallest absolute Gasteiger partial charge is 0.321 e. The first kappa shape index (κ1) is 11.3. The summed E-state index contributed by atoms with van der Waals surface area (Å²) in [5, 5.41) is 17.9. The molecule has 0 spiro atoms. The Bertz CT molecular complexity index is 252. The van der Waals surface area contributed by atoms with E-state index in [0.29, 0.717) is 18.7 Å². The monoisotopic (exact) mass is 214 g/mol. The first-order valence-electron chi connectivity index (χ1n) is 4.66. The summed E-state index contributed by atoms with van der Waals surface area (Å²) < 4.78 is 0. The fraction of sp³-hybridized carbons (Fsp3) is 0.778. The van der Waals surface area contributed by atoms with Crippen LogP contribution in [0.25, 0.3) is 0 Å². The third-order valence-corrected chi connectivity index (χ3v) is 3.41. The molecule has 1 aliphatic rings. The molecule has 0 aliphatic carbocycles. The van der Waals surface area contributed by atoms with E-state index in [1.807, 2.05) is 6.92 Å². The van der Waals surface area contributed by atoms with Gasteiger partial charge in [-0.25, -0.2) is 0 Å². The Morgan fingerprint density at radius 3 is 3.07 bits per heavy atom. The van der Waals surface area contributed by atoms with Gasteiger partial charge >= 0.3 is 5.97 Å². The summed E-state index contributed by atoms with van der Waals surface area (Å²) in [6.45, 7) is 2.61. The van der Waals surface area contributed by atoms with Crippen molar-refractivity contribution in [3.63, 3.8) is 0 Å². The van der Waals surface area contributed by atoms with Gasteiger partial charge in [-0.2, -0.15) is 17.0 Å². The number of carboxylic acid groups (broad SMARTS) is 1. The van der Waals surface area contributed by atoms with E-state index in [1.54, 1.807) is 16.7 Å². The minimum absolute atomic E-state index is 0.253. The van der Waals surface area contributed by atoms with E-state index in [-0.39, 0.29) is 6.04 Å². The maximum Gasteiger partial charge on any atom is 0.321 e. The summed E-state index contributed by atoms with van der Waals surface area (Å²) in [5.74, 6) is 0.695. The van der Waals surface area contributed by atoms with Crippen LogP contribution in [0.1, 0.15) is 13.3 Å². The average molecular weight is 214 g/mol. The predicted octanol–water partition coefficient (Wildman–Crippen LogP) is 0.791. The van der Waals surface area contributed by atoms with Crippen molar-refractivity contribution in [1.82, 2.24) is 4.90 Å². The van der Waals surface area contributed by atoms with Gasteiger partial charge < -0.3 is 5.11 Å². The highest BCUT2D eigenvalue weighted by Crippen LogP contribution is 2.20. The second kappa shape index (κ2) is 5.23. The summed E-state index contributed by atoms with van der Waals surface area (Å²) in [6.07, 6.45) is 0.685.